The third kappa shape index (κ3) is 2.44. The highest BCUT2D eigenvalue weighted by molar-refractivity contribution is 7.18. The second-order valence-corrected chi connectivity index (χ2v) is 7.36. The Morgan fingerprint density at radius 2 is 2.12 bits per heavy atom. The molecule has 0 bridgehead atoms. The van der Waals surface area contributed by atoms with Crippen LogP contribution < -0.4 is 5.73 Å². The van der Waals surface area contributed by atoms with Crippen molar-refractivity contribution in [2.75, 3.05) is 5.73 Å². The Kier molecular flexibility index (Phi) is 3.22. The lowest BCUT2D eigenvalue weighted by Gasteiger charge is -2.22. The van der Waals surface area contributed by atoms with E-state index >= 15 is 0 Å². The predicted octanol–water partition coefficient (Wildman–Crippen LogP) is 3.82. The molecule has 3 N–H and O–H groups in total. The number of hydrogen-bond acceptors (Lipinski definition) is 5. The van der Waals surface area contributed by atoms with E-state index in [1.165, 1.54) is 35.3 Å². The molecule has 0 unspecified atom stereocenters. The van der Waals surface area contributed by atoms with Crippen LogP contribution in [-0.4, -0.2) is 19.9 Å². The van der Waals surface area contributed by atoms with Crippen molar-refractivity contribution in [1.82, 2.24) is 19.9 Å². The molecule has 122 valence electrons. The molecule has 0 amide bonds. The Morgan fingerprint density at radius 1 is 1.20 bits per heavy atom. The average Bonchev–Trinajstić information content (AvgIpc) is 3.15. The van der Waals surface area contributed by atoms with Crippen molar-refractivity contribution in [2.24, 2.45) is 0 Å². The predicted molar refractivity (Wildman–Crippen MR) is 100 cm³/mol. The first kappa shape index (κ1) is 14.4. The van der Waals surface area contributed by atoms with Crippen molar-refractivity contribution in [2.45, 2.75) is 25.2 Å². The lowest BCUT2D eigenvalue weighted by molar-refractivity contribution is 0.419. The highest BCUT2D eigenvalue weighted by Gasteiger charge is 2.22. The summed E-state index contributed by atoms with van der Waals surface area (Å²) in [7, 11) is 0. The number of fused-ring (bicyclic) bond motifs is 2. The largest absolute Gasteiger partial charge is 0.383 e. The number of aromatic nitrogens is 4. The van der Waals surface area contributed by atoms with Gasteiger partial charge in [-0.05, 0) is 31.0 Å². The number of thiazole rings is 1. The number of benzene rings is 1. The number of nitrogens with zero attached hydrogens (tertiary/aromatic N) is 3. The molecule has 3 aromatic heterocycles. The summed E-state index contributed by atoms with van der Waals surface area (Å²) in [4.78, 5) is 16.1. The molecule has 25 heavy (non-hydrogen) atoms. The molecule has 1 fully saturated rings. The molecule has 1 saturated carbocycles. The minimum atomic E-state index is 0.440. The van der Waals surface area contributed by atoms with E-state index in [9.17, 15) is 0 Å². The first-order chi connectivity index (χ1) is 12.3. The van der Waals surface area contributed by atoms with Gasteiger partial charge in [-0.2, -0.15) is 0 Å². The number of anilines is 1. The van der Waals surface area contributed by atoms with E-state index < -0.39 is 0 Å². The molecule has 0 aliphatic heterocycles. The molecule has 1 aliphatic carbocycles. The zero-order chi connectivity index (χ0) is 16.8. The van der Waals surface area contributed by atoms with Gasteiger partial charge in [0, 0.05) is 17.7 Å². The van der Waals surface area contributed by atoms with Crippen LogP contribution in [0.4, 0.5) is 5.82 Å². The van der Waals surface area contributed by atoms with Crippen molar-refractivity contribution < 1.29 is 0 Å². The van der Waals surface area contributed by atoms with Gasteiger partial charge < -0.3 is 10.7 Å². The minimum absolute atomic E-state index is 0.440. The highest BCUT2D eigenvalue weighted by atomic mass is 32.1. The third-order valence-corrected chi connectivity index (χ3v) is 5.90. The van der Waals surface area contributed by atoms with E-state index in [2.05, 4.69) is 38.9 Å². The van der Waals surface area contributed by atoms with Crippen LogP contribution in [-0.2, 0) is 0 Å². The van der Waals surface area contributed by atoms with Gasteiger partial charge in [0.15, 0.2) is 0 Å². The molecule has 0 radical (unpaired) electrons. The zero-order valence-corrected chi connectivity index (χ0v) is 14.2. The van der Waals surface area contributed by atoms with Crippen molar-refractivity contribution in [3.63, 3.8) is 0 Å². The van der Waals surface area contributed by atoms with Crippen molar-refractivity contribution in [3.8, 4) is 11.8 Å². The van der Waals surface area contributed by atoms with Gasteiger partial charge in [-0.15, -0.1) is 11.3 Å². The molecule has 5 nitrogen and oxygen atoms in total. The summed E-state index contributed by atoms with van der Waals surface area (Å²) in [5, 5.41) is 2.05. The quantitative estimate of drug-likeness (QED) is 0.514. The van der Waals surface area contributed by atoms with Crippen LogP contribution >= 0.6 is 11.3 Å². The highest BCUT2D eigenvalue weighted by Crippen LogP contribution is 2.39. The summed E-state index contributed by atoms with van der Waals surface area (Å²) in [5.74, 6) is 7.49. The molecule has 1 aromatic carbocycles. The van der Waals surface area contributed by atoms with Gasteiger partial charge in [-0.3, -0.25) is 0 Å². The summed E-state index contributed by atoms with van der Waals surface area (Å²) in [6.07, 6.45) is 7.14. The van der Waals surface area contributed by atoms with E-state index in [1.807, 2.05) is 23.6 Å². The van der Waals surface area contributed by atoms with Crippen LogP contribution in [0.2, 0.25) is 0 Å². The Hall–Kier alpha value is -2.91. The fourth-order valence-corrected chi connectivity index (χ4v) is 4.19. The summed E-state index contributed by atoms with van der Waals surface area (Å²) < 4.78 is 1.23. The van der Waals surface area contributed by atoms with E-state index in [1.54, 1.807) is 0 Å². The second-order valence-electron chi connectivity index (χ2n) is 6.30. The Labute approximate surface area is 148 Å². The standard InChI is InChI=1S/C19H15N5S/c20-17-16-13(9-21-18(16)23-10-22-17)6-4-11-5-7-15-14(8-11)24-19(25-15)12-2-1-3-12/h5,7-10,12H,1-3H2,(H3,20,21,22,23). The molecule has 0 spiro atoms. The fraction of sp³-hybridized carbons (Fsp3) is 0.211. The topological polar surface area (TPSA) is 80.5 Å². The number of aromatic amines is 1. The number of nitrogen functional groups attached to an aromatic ring is 1. The van der Waals surface area contributed by atoms with E-state index in [4.69, 9.17) is 10.7 Å². The van der Waals surface area contributed by atoms with Crippen LogP contribution in [0.1, 0.15) is 41.3 Å². The van der Waals surface area contributed by atoms with Gasteiger partial charge in [-0.1, -0.05) is 18.3 Å². The van der Waals surface area contributed by atoms with Crippen molar-refractivity contribution in [1.29, 1.82) is 0 Å². The number of nitrogens with one attached hydrogen (secondary N) is 1. The van der Waals surface area contributed by atoms with Crippen LogP contribution in [0.5, 0.6) is 0 Å². The summed E-state index contributed by atoms with van der Waals surface area (Å²) in [6, 6.07) is 6.23. The van der Waals surface area contributed by atoms with Crippen LogP contribution in [0.25, 0.3) is 21.3 Å². The van der Waals surface area contributed by atoms with Gasteiger partial charge in [-0.25, -0.2) is 15.0 Å². The maximum Gasteiger partial charge on any atom is 0.144 e. The average molecular weight is 345 g/mol. The molecular weight excluding hydrogens is 330 g/mol. The van der Waals surface area contributed by atoms with Crippen molar-refractivity contribution in [3.05, 3.63) is 46.9 Å². The molecular formula is C19H15N5S. The lowest BCUT2D eigenvalue weighted by atomic mass is 9.86. The number of hydrogen-bond donors (Lipinski definition) is 2. The summed E-state index contributed by atoms with van der Waals surface area (Å²) in [6.45, 7) is 0. The first-order valence-corrected chi connectivity index (χ1v) is 9.09. The Bertz CT molecular complexity index is 1160. The zero-order valence-electron chi connectivity index (χ0n) is 13.4. The summed E-state index contributed by atoms with van der Waals surface area (Å²) in [5.41, 5.74) is 9.45. The van der Waals surface area contributed by atoms with E-state index in [0.29, 0.717) is 17.4 Å². The molecule has 6 heteroatoms. The van der Waals surface area contributed by atoms with Gasteiger partial charge in [0.1, 0.15) is 17.8 Å². The maximum absolute atomic E-state index is 5.95. The number of H-pyrrole nitrogens is 1. The Morgan fingerprint density at radius 3 is 2.96 bits per heavy atom. The molecule has 0 saturated heterocycles. The molecule has 5 rings (SSSR count). The van der Waals surface area contributed by atoms with Gasteiger partial charge in [0.05, 0.1) is 26.2 Å². The van der Waals surface area contributed by atoms with E-state index in [0.717, 1.165) is 22.0 Å². The monoisotopic (exact) mass is 345 g/mol. The van der Waals surface area contributed by atoms with Crippen LogP contribution in [0, 0.1) is 11.8 Å². The molecule has 3 heterocycles. The molecule has 4 aromatic rings. The van der Waals surface area contributed by atoms with Crippen LogP contribution in [0.3, 0.4) is 0 Å². The molecule has 0 atom stereocenters. The second kappa shape index (κ2) is 5.57. The van der Waals surface area contributed by atoms with E-state index in [-0.39, 0.29) is 0 Å². The number of rotatable bonds is 1. The normalized spacial score (nSPS) is 14.4. The summed E-state index contributed by atoms with van der Waals surface area (Å²) >= 11 is 1.81. The van der Waals surface area contributed by atoms with Crippen molar-refractivity contribution >= 4 is 38.4 Å². The SMILES string of the molecule is Nc1ncnc2[nH]cc(C#Cc3ccc4sc(C5CCC5)nc4c3)c12. The van der Waals surface area contributed by atoms with Gasteiger partial charge in [0.25, 0.3) is 0 Å². The fourth-order valence-electron chi connectivity index (χ4n) is 3.08. The van der Waals surface area contributed by atoms with Crippen LogP contribution in [0.15, 0.2) is 30.7 Å². The number of nitrogens with two attached hydrogens (primary N) is 1. The first-order valence-electron chi connectivity index (χ1n) is 8.28. The maximum atomic E-state index is 5.95. The lowest BCUT2D eigenvalue weighted by Crippen LogP contribution is -2.07. The van der Waals surface area contributed by atoms with Gasteiger partial charge >= 0.3 is 0 Å². The third-order valence-electron chi connectivity index (χ3n) is 4.70. The van der Waals surface area contributed by atoms with Gasteiger partial charge in [0.2, 0.25) is 0 Å². The minimum Gasteiger partial charge on any atom is -0.383 e. The Balaban J connectivity index is 1.52. The smallest absolute Gasteiger partial charge is 0.144 e. The molecule has 1 aliphatic rings.